The molecule has 0 aliphatic carbocycles. The lowest BCUT2D eigenvalue weighted by molar-refractivity contribution is 0.100. The second kappa shape index (κ2) is 14.9. The molecule has 1 nitrogen and oxygen atoms in total. The van der Waals surface area contributed by atoms with Crippen LogP contribution >= 0.6 is 0 Å². The smallest absolute Gasteiger partial charge is 0.00998 e. The van der Waals surface area contributed by atoms with Crippen LogP contribution in [0.3, 0.4) is 0 Å². The third-order valence-corrected chi connectivity index (χ3v) is 6.97. The van der Waals surface area contributed by atoms with Gasteiger partial charge in [0.2, 0.25) is 0 Å². The fraction of sp³-hybridized carbons (Fsp3) is 1.00. The van der Waals surface area contributed by atoms with Crippen LogP contribution in [0.4, 0.5) is 0 Å². The Hall–Kier alpha value is -0.0400. The van der Waals surface area contributed by atoms with E-state index in [9.17, 15) is 0 Å². The van der Waals surface area contributed by atoms with Crippen molar-refractivity contribution in [2.75, 3.05) is 0 Å². The predicted molar refractivity (Wildman–Crippen MR) is 125 cm³/mol. The summed E-state index contributed by atoms with van der Waals surface area (Å²) in [7, 11) is 0. The highest BCUT2D eigenvalue weighted by atomic mass is 14.7. The first-order chi connectivity index (χ1) is 12.6. The van der Waals surface area contributed by atoms with Crippen LogP contribution in [0.25, 0.3) is 0 Å². The molecule has 0 heterocycles. The molecule has 1 atom stereocenters. The molecule has 0 radical (unpaired) electrons. The van der Waals surface area contributed by atoms with Crippen LogP contribution in [-0.2, 0) is 0 Å². The Morgan fingerprint density at radius 3 is 1.33 bits per heavy atom. The average molecular weight is 382 g/mol. The van der Waals surface area contributed by atoms with Gasteiger partial charge in [0.05, 0.1) is 0 Å². The summed E-state index contributed by atoms with van der Waals surface area (Å²) >= 11 is 0. The lowest BCUT2D eigenvalue weighted by Crippen LogP contribution is -2.40. The molecule has 27 heavy (non-hydrogen) atoms. The number of hydrogen-bond donors (Lipinski definition) is 1. The molecule has 0 saturated heterocycles. The second-order valence-corrected chi connectivity index (χ2v) is 10.9. The molecule has 1 unspecified atom stereocenters. The van der Waals surface area contributed by atoms with Gasteiger partial charge in [-0.05, 0) is 43.9 Å². The lowest BCUT2D eigenvalue weighted by Gasteiger charge is -2.41. The Labute approximate surface area is 173 Å². The second-order valence-electron chi connectivity index (χ2n) is 10.9. The quantitative estimate of drug-likeness (QED) is 0.236. The van der Waals surface area contributed by atoms with Gasteiger partial charge in [-0.25, -0.2) is 0 Å². The third-order valence-electron chi connectivity index (χ3n) is 6.97. The van der Waals surface area contributed by atoms with Gasteiger partial charge >= 0.3 is 0 Å². The van der Waals surface area contributed by atoms with Crippen molar-refractivity contribution in [3.05, 3.63) is 0 Å². The van der Waals surface area contributed by atoms with Crippen molar-refractivity contribution in [3.63, 3.8) is 0 Å². The largest absolute Gasteiger partial charge is 0.326 e. The van der Waals surface area contributed by atoms with E-state index in [2.05, 4.69) is 48.5 Å². The van der Waals surface area contributed by atoms with E-state index in [-0.39, 0.29) is 5.54 Å². The summed E-state index contributed by atoms with van der Waals surface area (Å²) in [4.78, 5) is 0. The van der Waals surface area contributed by atoms with E-state index < -0.39 is 0 Å². The summed E-state index contributed by atoms with van der Waals surface area (Å²) in [6.07, 6.45) is 21.2. The van der Waals surface area contributed by atoms with Crippen molar-refractivity contribution in [2.24, 2.45) is 23.0 Å². The van der Waals surface area contributed by atoms with Crippen LogP contribution in [-0.4, -0.2) is 5.54 Å². The van der Waals surface area contributed by atoms with Crippen LogP contribution in [0.5, 0.6) is 0 Å². The third kappa shape index (κ3) is 14.6. The summed E-state index contributed by atoms with van der Waals surface area (Å²) in [6, 6.07) is 0. The van der Waals surface area contributed by atoms with E-state index in [0.29, 0.717) is 11.3 Å². The van der Waals surface area contributed by atoms with Gasteiger partial charge in [0, 0.05) is 5.54 Å². The molecule has 0 aliphatic rings. The van der Waals surface area contributed by atoms with Gasteiger partial charge < -0.3 is 5.73 Å². The van der Waals surface area contributed by atoms with Crippen molar-refractivity contribution >= 4 is 0 Å². The topological polar surface area (TPSA) is 26.0 Å². The highest BCUT2D eigenvalue weighted by molar-refractivity contribution is 4.87. The van der Waals surface area contributed by atoms with E-state index in [1.54, 1.807) is 0 Å². The maximum Gasteiger partial charge on any atom is 0.00998 e. The van der Waals surface area contributed by atoms with Gasteiger partial charge in [0.15, 0.2) is 0 Å². The van der Waals surface area contributed by atoms with Crippen molar-refractivity contribution < 1.29 is 0 Å². The first-order valence-electron chi connectivity index (χ1n) is 12.4. The molecule has 0 aromatic rings. The minimum Gasteiger partial charge on any atom is -0.326 e. The highest BCUT2D eigenvalue weighted by Gasteiger charge is 2.34. The molecule has 0 aliphatic heterocycles. The molecule has 0 amide bonds. The highest BCUT2D eigenvalue weighted by Crippen LogP contribution is 2.41. The predicted octanol–water partition coefficient (Wildman–Crippen LogP) is 8.89. The standard InChI is InChI=1S/C26H55N/c1-8-9-10-11-12-13-14-15-16-17-18-19-20-21-24(22-25(4,5)27)26(6,7)23(2)3/h23-24H,8-22,27H2,1-7H3. The van der Waals surface area contributed by atoms with Crippen LogP contribution in [0.1, 0.15) is 145 Å². The molecule has 2 N–H and O–H groups in total. The zero-order chi connectivity index (χ0) is 20.8. The summed E-state index contributed by atoms with van der Waals surface area (Å²) < 4.78 is 0. The van der Waals surface area contributed by atoms with E-state index >= 15 is 0 Å². The molecule has 1 heteroatoms. The Kier molecular flexibility index (Phi) is 14.9. The van der Waals surface area contributed by atoms with Gasteiger partial charge in [0.25, 0.3) is 0 Å². The molecule has 164 valence electrons. The first kappa shape index (κ1) is 27.0. The molecule has 0 aromatic carbocycles. The number of rotatable bonds is 18. The summed E-state index contributed by atoms with van der Waals surface area (Å²) in [5.41, 5.74) is 6.71. The SMILES string of the molecule is CCCCCCCCCCCCCCCC(CC(C)(C)N)C(C)(C)C(C)C. The van der Waals surface area contributed by atoms with Crippen LogP contribution in [0, 0.1) is 17.3 Å². The van der Waals surface area contributed by atoms with Gasteiger partial charge in [-0.3, -0.25) is 0 Å². The van der Waals surface area contributed by atoms with Crippen molar-refractivity contribution in [1.82, 2.24) is 0 Å². The minimum atomic E-state index is -0.0482. The normalized spacial score (nSPS) is 14.1. The Morgan fingerprint density at radius 2 is 1.00 bits per heavy atom. The number of unbranched alkanes of at least 4 members (excludes halogenated alkanes) is 12. The lowest BCUT2D eigenvalue weighted by atomic mass is 9.65. The molecular weight excluding hydrogens is 326 g/mol. The van der Waals surface area contributed by atoms with Crippen LogP contribution in [0.15, 0.2) is 0 Å². The van der Waals surface area contributed by atoms with Crippen LogP contribution in [0.2, 0.25) is 0 Å². The number of nitrogens with two attached hydrogens (primary N) is 1. The van der Waals surface area contributed by atoms with E-state index in [4.69, 9.17) is 5.73 Å². The fourth-order valence-corrected chi connectivity index (χ4v) is 4.25. The summed E-state index contributed by atoms with van der Waals surface area (Å²) in [5.74, 6) is 1.46. The maximum atomic E-state index is 6.38. The summed E-state index contributed by atoms with van der Waals surface area (Å²) in [6.45, 7) is 16.3. The molecule has 0 saturated carbocycles. The molecule has 0 spiro atoms. The zero-order valence-electron chi connectivity index (χ0n) is 20.3. The molecule has 0 rings (SSSR count). The minimum absolute atomic E-state index is 0.0482. The summed E-state index contributed by atoms with van der Waals surface area (Å²) in [5, 5.41) is 0. The molecule has 0 aromatic heterocycles. The van der Waals surface area contributed by atoms with Crippen molar-refractivity contribution in [1.29, 1.82) is 0 Å². The molecule has 0 fully saturated rings. The Bertz CT molecular complexity index is 324. The zero-order valence-corrected chi connectivity index (χ0v) is 20.3. The van der Waals surface area contributed by atoms with Gasteiger partial charge in [-0.1, -0.05) is 118 Å². The Balaban J connectivity index is 3.80. The molecule has 0 bridgehead atoms. The van der Waals surface area contributed by atoms with E-state index in [1.807, 2.05) is 0 Å². The first-order valence-corrected chi connectivity index (χ1v) is 12.4. The number of hydrogen-bond acceptors (Lipinski definition) is 1. The van der Waals surface area contributed by atoms with Crippen molar-refractivity contribution in [2.45, 2.75) is 150 Å². The molecular formula is C26H55N. The van der Waals surface area contributed by atoms with Gasteiger partial charge in [-0.15, -0.1) is 0 Å². The Morgan fingerprint density at radius 1 is 0.630 bits per heavy atom. The van der Waals surface area contributed by atoms with Gasteiger partial charge in [-0.2, -0.15) is 0 Å². The van der Waals surface area contributed by atoms with Crippen molar-refractivity contribution in [3.8, 4) is 0 Å². The maximum absolute atomic E-state index is 6.38. The van der Waals surface area contributed by atoms with Crippen LogP contribution < -0.4 is 5.73 Å². The van der Waals surface area contributed by atoms with E-state index in [0.717, 1.165) is 12.3 Å². The average Bonchev–Trinajstić information content (AvgIpc) is 2.56. The van der Waals surface area contributed by atoms with E-state index in [1.165, 1.54) is 89.9 Å². The van der Waals surface area contributed by atoms with Gasteiger partial charge in [0.1, 0.15) is 0 Å². The fourth-order valence-electron chi connectivity index (χ4n) is 4.25. The monoisotopic (exact) mass is 381 g/mol.